The first-order valence-electron chi connectivity index (χ1n) is 7.19. The van der Waals surface area contributed by atoms with Crippen molar-refractivity contribution in [2.24, 2.45) is 0 Å². The van der Waals surface area contributed by atoms with E-state index in [9.17, 15) is 14.7 Å². The number of piperidine rings is 1. The number of aliphatic carboxylic acids is 1. The molecule has 2 amide bonds. The van der Waals surface area contributed by atoms with Crippen LogP contribution in [0.1, 0.15) is 26.2 Å². The highest BCUT2D eigenvalue weighted by Crippen LogP contribution is 2.21. The van der Waals surface area contributed by atoms with E-state index < -0.39 is 24.1 Å². The van der Waals surface area contributed by atoms with Gasteiger partial charge in [0, 0.05) is 25.7 Å². The SMILES string of the molecule is CC(O)C(NC(=O)N1CCN2CCCCC2C1)C(=O)O. The van der Waals surface area contributed by atoms with Gasteiger partial charge in [-0.2, -0.15) is 0 Å². The van der Waals surface area contributed by atoms with Crippen LogP contribution in [0.15, 0.2) is 0 Å². The molecular formula is C13H23N3O4. The van der Waals surface area contributed by atoms with Gasteiger partial charge in [0.05, 0.1) is 6.10 Å². The second kappa shape index (κ2) is 6.41. The minimum Gasteiger partial charge on any atom is -0.480 e. The summed E-state index contributed by atoms with van der Waals surface area (Å²) in [6.45, 7) is 4.53. The molecule has 3 N–H and O–H groups in total. The van der Waals surface area contributed by atoms with E-state index in [2.05, 4.69) is 10.2 Å². The summed E-state index contributed by atoms with van der Waals surface area (Å²) < 4.78 is 0. The maximum Gasteiger partial charge on any atom is 0.328 e. The molecule has 114 valence electrons. The topological polar surface area (TPSA) is 93.1 Å². The van der Waals surface area contributed by atoms with E-state index in [1.165, 1.54) is 19.8 Å². The Labute approximate surface area is 118 Å². The third kappa shape index (κ3) is 3.40. The van der Waals surface area contributed by atoms with E-state index in [1.54, 1.807) is 4.90 Å². The van der Waals surface area contributed by atoms with Crippen molar-refractivity contribution in [3.8, 4) is 0 Å². The number of fused-ring (bicyclic) bond motifs is 1. The molecule has 0 aliphatic carbocycles. The van der Waals surface area contributed by atoms with Gasteiger partial charge in [0.25, 0.3) is 0 Å². The second-order valence-electron chi connectivity index (χ2n) is 5.64. The number of nitrogens with zero attached hydrogens (tertiary/aromatic N) is 2. The molecule has 0 saturated carbocycles. The zero-order valence-electron chi connectivity index (χ0n) is 11.8. The van der Waals surface area contributed by atoms with Crippen LogP contribution in [-0.2, 0) is 4.79 Å². The molecular weight excluding hydrogens is 262 g/mol. The minimum atomic E-state index is -1.26. The Balaban J connectivity index is 1.91. The zero-order chi connectivity index (χ0) is 14.7. The molecule has 0 aromatic carbocycles. The monoisotopic (exact) mass is 285 g/mol. The Morgan fingerprint density at radius 2 is 2.00 bits per heavy atom. The van der Waals surface area contributed by atoms with Gasteiger partial charge in [-0.05, 0) is 26.3 Å². The van der Waals surface area contributed by atoms with Gasteiger partial charge in [0.2, 0.25) is 0 Å². The van der Waals surface area contributed by atoms with E-state index >= 15 is 0 Å². The lowest BCUT2D eigenvalue weighted by molar-refractivity contribution is -0.141. The van der Waals surface area contributed by atoms with Crippen LogP contribution < -0.4 is 5.32 Å². The van der Waals surface area contributed by atoms with Crippen molar-refractivity contribution in [3.05, 3.63) is 0 Å². The van der Waals surface area contributed by atoms with Gasteiger partial charge in [-0.1, -0.05) is 6.42 Å². The molecule has 0 aromatic rings. The number of rotatable bonds is 3. The van der Waals surface area contributed by atoms with Gasteiger partial charge < -0.3 is 20.4 Å². The molecule has 0 aromatic heterocycles. The Kier molecular flexibility index (Phi) is 4.82. The number of hydrogen-bond donors (Lipinski definition) is 3. The summed E-state index contributed by atoms with van der Waals surface area (Å²) in [5.74, 6) is -1.22. The quantitative estimate of drug-likeness (QED) is 0.662. The second-order valence-corrected chi connectivity index (χ2v) is 5.64. The first-order valence-corrected chi connectivity index (χ1v) is 7.19. The van der Waals surface area contributed by atoms with Gasteiger partial charge in [0.1, 0.15) is 0 Å². The lowest BCUT2D eigenvalue weighted by Crippen LogP contribution is -2.60. The van der Waals surface area contributed by atoms with Crippen molar-refractivity contribution >= 4 is 12.0 Å². The van der Waals surface area contributed by atoms with Crippen LogP contribution in [0.5, 0.6) is 0 Å². The number of urea groups is 1. The van der Waals surface area contributed by atoms with E-state index in [4.69, 9.17) is 5.11 Å². The number of aliphatic hydroxyl groups excluding tert-OH is 1. The minimum absolute atomic E-state index is 0.387. The van der Waals surface area contributed by atoms with Crippen molar-refractivity contribution in [3.63, 3.8) is 0 Å². The Morgan fingerprint density at radius 1 is 1.25 bits per heavy atom. The number of carbonyl (C=O) groups excluding carboxylic acids is 1. The highest BCUT2D eigenvalue weighted by atomic mass is 16.4. The summed E-state index contributed by atoms with van der Waals surface area (Å²) in [6.07, 6.45) is 2.36. The largest absolute Gasteiger partial charge is 0.480 e. The van der Waals surface area contributed by atoms with Crippen molar-refractivity contribution in [2.45, 2.75) is 44.4 Å². The van der Waals surface area contributed by atoms with Crippen molar-refractivity contribution < 1.29 is 19.8 Å². The maximum absolute atomic E-state index is 12.1. The molecule has 20 heavy (non-hydrogen) atoms. The molecule has 2 aliphatic heterocycles. The van der Waals surface area contributed by atoms with E-state index in [-0.39, 0.29) is 0 Å². The van der Waals surface area contributed by atoms with Crippen molar-refractivity contribution in [1.29, 1.82) is 0 Å². The third-order valence-corrected chi connectivity index (χ3v) is 4.15. The molecule has 0 bridgehead atoms. The molecule has 2 fully saturated rings. The smallest absolute Gasteiger partial charge is 0.328 e. The number of carboxylic acid groups (broad SMARTS) is 1. The predicted octanol–water partition coefficient (Wildman–Crippen LogP) is -0.300. The number of carboxylic acids is 1. The number of nitrogens with one attached hydrogen (secondary N) is 1. The van der Waals surface area contributed by atoms with Gasteiger partial charge in [0.15, 0.2) is 6.04 Å². The van der Waals surface area contributed by atoms with E-state index in [0.29, 0.717) is 19.1 Å². The summed E-state index contributed by atoms with van der Waals surface area (Å²) in [5.41, 5.74) is 0. The van der Waals surface area contributed by atoms with Crippen LogP contribution in [0.2, 0.25) is 0 Å². The lowest BCUT2D eigenvalue weighted by atomic mass is 10.00. The molecule has 7 nitrogen and oxygen atoms in total. The third-order valence-electron chi connectivity index (χ3n) is 4.15. The van der Waals surface area contributed by atoms with Crippen LogP contribution in [-0.4, -0.2) is 76.4 Å². The molecule has 3 unspecified atom stereocenters. The van der Waals surface area contributed by atoms with Crippen LogP contribution in [0.3, 0.4) is 0 Å². The summed E-state index contributed by atoms with van der Waals surface area (Å²) in [6, 6.07) is -1.27. The Bertz CT molecular complexity index is 375. The standard InChI is InChI=1S/C13H23N3O4/c1-9(17)11(12(18)19)14-13(20)16-7-6-15-5-3-2-4-10(15)8-16/h9-11,17H,2-8H2,1H3,(H,14,20)(H,18,19). The summed E-state index contributed by atoms with van der Waals surface area (Å²) in [7, 11) is 0. The van der Waals surface area contributed by atoms with E-state index in [1.807, 2.05) is 0 Å². The fourth-order valence-electron chi connectivity index (χ4n) is 2.95. The Morgan fingerprint density at radius 3 is 2.65 bits per heavy atom. The first kappa shape index (κ1) is 15.1. The van der Waals surface area contributed by atoms with Gasteiger partial charge in [-0.15, -0.1) is 0 Å². The molecule has 3 atom stereocenters. The number of hydrogen-bond acceptors (Lipinski definition) is 4. The summed E-state index contributed by atoms with van der Waals surface area (Å²) in [4.78, 5) is 27.2. The normalized spacial score (nSPS) is 26.5. The highest BCUT2D eigenvalue weighted by molar-refractivity contribution is 5.83. The summed E-state index contributed by atoms with van der Waals surface area (Å²) in [5, 5.41) is 20.8. The number of amides is 2. The molecule has 2 rings (SSSR count). The zero-order valence-corrected chi connectivity index (χ0v) is 11.8. The average Bonchev–Trinajstić information content (AvgIpc) is 2.43. The van der Waals surface area contributed by atoms with Crippen molar-refractivity contribution in [1.82, 2.24) is 15.1 Å². The van der Waals surface area contributed by atoms with Crippen LogP contribution in [0.4, 0.5) is 4.79 Å². The molecule has 7 heteroatoms. The first-order chi connectivity index (χ1) is 9.49. The maximum atomic E-state index is 12.1. The molecule has 0 spiro atoms. The average molecular weight is 285 g/mol. The lowest BCUT2D eigenvalue weighted by Gasteiger charge is -2.44. The van der Waals surface area contributed by atoms with Crippen LogP contribution in [0, 0.1) is 0 Å². The number of aliphatic hydroxyl groups is 1. The molecule has 2 saturated heterocycles. The van der Waals surface area contributed by atoms with Gasteiger partial charge in [-0.25, -0.2) is 9.59 Å². The molecule has 0 radical (unpaired) electrons. The molecule has 2 heterocycles. The summed E-state index contributed by atoms with van der Waals surface area (Å²) >= 11 is 0. The predicted molar refractivity (Wildman–Crippen MR) is 72.4 cm³/mol. The van der Waals surface area contributed by atoms with Crippen LogP contribution in [0.25, 0.3) is 0 Å². The highest BCUT2D eigenvalue weighted by Gasteiger charge is 2.33. The Hall–Kier alpha value is -1.34. The fourth-order valence-corrected chi connectivity index (χ4v) is 2.95. The molecule has 2 aliphatic rings. The van der Waals surface area contributed by atoms with E-state index in [0.717, 1.165) is 19.5 Å². The van der Waals surface area contributed by atoms with Gasteiger partial charge in [-0.3, -0.25) is 4.90 Å². The van der Waals surface area contributed by atoms with Gasteiger partial charge >= 0.3 is 12.0 Å². The number of piperazine rings is 1. The van der Waals surface area contributed by atoms with Crippen LogP contribution >= 0.6 is 0 Å². The number of carbonyl (C=O) groups is 2. The fraction of sp³-hybridized carbons (Fsp3) is 0.846. The van der Waals surface area contributed by atoms with Crippen molar-refractivity contribution in [2.75, 3.05) is 26.2 Å².